The van der Waals surface area contributed by atoms with Gasteiger partial charge in [0, 0.05) is 19.2 Å². The largest absolute Gasteiger partial charge is 0.313 e. The number of hydrogen-bond acceptors (Lipinski definition) is 4. The molecule has 3 aromatic rings. The molecule has 5 nitrogen and oxygen atoms in total. The predicted molar refractivity (Wildman–Crippen MR) is 113 cm³/mol. The fourth-order valence-corrected chi connectivity index (χ4v) is 4.74. The molecule has 0 unspecified atom stereocenters. The van der Waals surface area contributed by atoms with Crippen molar-refractivity contribution in [2.75, 3.05) is 6.26 Å². The summed E-state index contributed by atoms with van der Waals surface area (Å²) in [6.45, 7) is 4.26. The summed E-state index contributed by atoms with van der Waals surface area (Å²) in [4.78, 5) is 17.5. The average molecular weight is 415 g/mol. The molecule has 0 spiro atoms. The molecule has 1 heterocycles. The van der Waals surface area contributed by atoms with Gasteiger partial charge in [-0.2, -0.15) is 4.99 Å². The minimum atomic E-state index is -3.29. The lowest BCUT2D eigenvalue weighted by atomic mass is 10.1. The SMILES string of the molecule is C=CCn1c(=NC(=O)CCCc2ccccc2)sc2cc(S(C)(=O)=O)ccc21. The summed E-state index contributed by atoms with van der Waals surface area (Å²) >= 11 is 1.32. The van der Waals surface area contributed by atoms with Crippen molar-refractivity contribution in [3.05, 3.63) is 71.6 Å². The Kier molecular flexibility index (Phi) is 6.26. The van der Waals surface area contributed by atoms with Crippen LogP contribution in [-0.2, 0) is 27.6 Å². The summed E-state index contributed by atoms with van der Waals surface area (Å²) in [6, 6.07) is 15.0. The molecule has 0 bridgehead atoms. The molecule has 28 heavy (non-hydrogen) atoms. The Bertz CT molecular complexity index is 1170. The molecule has 3 rings (SSSR count). The van der Waals surface area contributed by atoms with Crippen LogP contribution in [0.15, 0.2) is 71.1 Å². The first-order valence-corrected chi connectivity index (χ1v) is 11.6. The number of hydrogen-bond donors (Lipinski definition) is 0. The molecule has 7 heteroatoms. The zero-order valence-electron chi connectivity index (χ0n) is 15.7. The van der Waals surface area contributed by atoms with Gasteiger partial charge < -0.3 is 4.57 Å². The molecule has 1 aromatic heterocycles. The van der Waals surface area contributed by atoms with Gasteiger partial charge in [0.1, 0.15) is 0 Å². The summed E-state index contributed by atoms with van der Waals surface area (Å²) in [6.07, 6.45) is 4.85. The molecule has 0 N–H and O–H groups in total. The summed E-state index contributed by atoms with van der Waals surface area (Å²) in [5, 5.41) is 0. The summed E-state index contributed by atoms with van der Waals surface area (Å²) in [5.74, 6) is -0.177. The van der Waals surface area contributed by atoms with E-state index in [1.165, 1.54) is 23.2 Å². The summed E-state index contributed by atoms with van der Waals surface area (Å²) in [5.41, 5.74) is 2.04. The van der Waals surface area contributed by atoms with Crippen LogP contribution in [0.25, 0.3) is 10.2 Å². The standard InChI is InChI=1S/C21H22N2O3S2/c1-3-14-23-18-13-12-17(28(2,25)26)15-19(18)27-21(23)22-20(24)11-7-10-16-8-5-4-6-9-16/h3-6,8-9,12-13,15H,1,7,10-11,14H2,2H3. The normalized spacial score (nSPS) is 12.4. The van der Waals surface area contributed by atoms with Crippen LogP contribution in [0.3, 0.4) is 0 Å². The second-order valence-corrected chi connectivity index (χ2v) is 9.56. The molecule has 0 fully saturated rings. The van der Waals surface area contributed by atoms with Crippen molar-refractivity contribution < 1.29 is 13.2 Å². The summed E-state index contributed by atoms with van der Waals surface area (Å²) < 4.78 is 26.3. The van der Waals surface area contributed by atoms with E-state index in [-0.39, 0.29) is 10.8 Å². The Balaban J connectivity index is 1.86. The van der Waals surface area contributed by atoms with Gasteiger partial charge in [0.2, 0.25) is 5.91 Å². The molecule has 2 aromatic carbocycles. The monoisotopic (exact) mass is 414 g/mol. The fraction of sp³-hybridized carbons (Fsp3) is 0.238. The van der Waals surface area contributed by atoms with Crippen molar-refractivity contribution in [1.29, 1.82) is 0 Å². The van der Waals surface area contributed by atoms with Gasteiger partial charge in [0.05, 0.1) is 15.1 Å². The Morgan fingerprint density at radius 3 is 2.64 bits per heavy atom. The van der Waals surface area contributed by atoms with Crippen LogP contribution >= 0.6 is 11.3 Å². The molecular weight excluding hydrogens is 392 g/mol. The average Bonchev–Trinajstić information content (AvgIpc) is 2.99. The van der Waals surface area contributed by atoms with Crippen molar-refractivity contribution in [1.82, 2.24) is 4.57 Å². The van der Waals surface area contributed by atoms with Gasteiger partial charge in [-0.15, -0.1) is 6.58 Å². The van der Waals surface area contributed by atoms with Crippen LogP contribution < -0.4 is 4.80 Å². The Morgan fingerprint density at radius 1 is 1.21 bits per heavy atom. The van der Waals surface area contributed by atoms with Crippen molar-refractivity contribution in [3.8, 4) is 0 Å². The zero-order valence-corrected chi connectivity index (χ0v) is 17.3. The number of aromatic nitrogens is 1. The van der Waals surface area contributed by atoms with Crippen molar-refractivity contribution in [3.63, 3.8) is 0 Å². The smallest absolute Gasteiger partial charge is 0.248 e. The van der Waals surface area contributed by atoms with E-state index in [9.17, 15) is 13.2 Å². The summed E-state index contributed by atoms with van der Waals surface area (Å²) in [7, 11) is -3.29. The number of rotatable bonds is 7. The third-order valence-electron chi connectivity index (χ3n) is 4.31. The van der Waals surface area contributed by atoms with E-state index in [2.05, 4.69) is 11.6 Å². The fourth-order valence-electron chi connectivity index (χ4n) is 2.93. The number of thiazole rings is 1. The molecular formula is C21H22N2O3S2. The first kappa shape index (κ1) is 20.2. The maximum Gasteiger partial charge on any atom is 0.248 e. The van der Waals surface area contributed by atoms with Crippen molar-refractivity contribution >= 4 is 37.3 Å². The third-order valence-corrected chi connectivity index (χ3v) is 6.46. The minimum Gasteiger partial charge on any atom is -0.313 e. The van der Waals surface area contributed by atoms with E-state index in [0.717, 1.165) is 23.1 Å². The van der Waals surface area contributed by atoms with E-state index in [4.69, 9.17) is 0 Å². The lowest BCUT2D eigenvalue weighted by molar-refractivity contribution is -0.118. The van der Waals surface area contributed by atoms with E-state index in [1.807, 2.05) is 34.9 Å². The molecule has 0 saturated heterocycles. The van der Waals surface area contributed by atoms with E-state index < -0.39 is 9.84 Å². The van der Waals surface area contributed by atoms with Gasteiger partial charge in [0.25, 0.3) is 0 Å². The van der Waals surface area contributed by atoms with Crippen LogP contribution in [0.2, 0.25) is 0 Å². The van der Waals surface area contributed by atoms with Crippen LogP contribution in [0.1, 0.15) is 18.4 Å². The van der Waals surface area contributed by atoms with Crippen molar-refractivity contribution in [2.24, 2.45) is 4.99 Å². The quantitative estimate of drug-likeness (QED) is 0.553. The number of carbonyl (C=O) groups excluding carboxylic acids is 1. The second-order valence-electron chi connectivity index (χ2n) is 6.53. The maximum atomic E-state index is 12.4. The molecule has 1 amide bonds. The highest BCUT2D eigenvalue weighted by molar-refractivity contribution is 7.90. The molecule has 146 valence electrons. The molecule has 0 atom stereocenters. The maximum absolute atomic E-state index is 12.4. The van der Waals surface area contributed by atoms with Gasteiger partial charge >= 0.3 is 0 Å². The van der Waals surface area contributed by atoms with E-state index in [0.29, 0.717) is 17.8 Å². The zero-order chi connectivity index (χ0) is 20.1. The van der Waals surface area contributed by atoms with Gasteiger partial charge in [-0.25, -0.2) is 8.42 Å². The van der Waals surface area contributed by atoms with Gasteiger partial charge in [-0.05, 0) is 36.6 Å². The topological polar surface area (TPSA) is 68.5 Å². The molecule has 0 saturated carbocycles. The van der Waals surface area contributed by atoms with Crippen LogP contribution in [0.4, 0.5) is 0 Å². The van der Waals surface area contributed by atoms with Gasteiger partial charge in [-0.1, -0.05) is 47.7 Å². The number of sulfone groups is 1. The highest BCUT2D eigenvalue weighted by Crippen LogP contribution is 2.22. The third kappa shape index (κ3) is 4.85. The molecule has 0 aliphatic rings. The Hall–Kier alpha value is -2.51. The van der Waals surface area contributed by atoms with Gasteiger partial charge in [0.15, 0.2) is 14.6 Å². The Morgan fingerprint density at radius 2 is 1.96 bits per heavy atom. The predicted octanol–water partition coefficient (Wildman–Crippen LogP) is 3.74. The number of benzene rings is 2. The first-order valence-electron chi connectivity index (χ1n) is 8.94. The number of nitrogens with zero attached hydrogens (tertiary/aromatic N) is 2. The molecule has 0 aliphatic carbocycles. The van der Waals surface area contributed by atoms with Crippen LogP contribution in [0.5, 0.6) is 0 Å². The molecule has 0 aliphatic heterocycles. The molecule has 0 radical (unpaired) electrons. The lowest BCUT2D eigenvalue weighted by Gasteiger charge is -2.02. The number of aryl methyl sites for hydroxylation is 1. The first-order chi connectivity index (χ1) is 13.4. The van der Waals surface area contributed by atoms with E-state index >= 15 is 0 Å². The lowest BCUT2D eigenvalue weighted by Crippen LogP contribution is -2.16. The van der Waals surface area contributed by atoms with Crippen LogP contribution in [-0.4, -0.2) is 25.1 Å². The highest BCUT2D eigenvalue weighted by atomic mass is 32.2. The Labute approximate surface area is 168 Å². The van der Waals surface area contributed by atoms with Crippen LogP contribution in [0, 0.1) is 0 Å². The number of carbonyl (C=O) groups is 1. The number of amides is 1. The second kappa shape index (κ2) is 8.67. The van der Waals surface area contributed by atoms with E-state index in [1.54, 1.807) is 24.3 Å². The number of fused-ring (bicyclic) bond motifs is 1. The minimum absolute atomic E-state index is 0.177. The van der Waals surface area contributed by atoms with Gasteiger partial charge in [-0.3, -0.25) is 4.79 Å². The van der Waals surface area contributed by atoms with Crippen molar-refractivity contribution in [2.45, 2.75) is 30.7 Å². The number of allylic oxidation sites excluding steroid dienone is 1. The highest BCUT2D eigenvalue weighted by Gasteiger charge is 2.12.